The number of aromatic amines is 1. The van der Waals surface area contributed by atoms with Crippen LogP contribution >= 0.6 is 0 Å². The monoisotopic (exact) mass is 398 g/mol. The molecule has 1 aliphatic heterocycles. The maximum atomic E-state index is 13.1. The molecule has 4 aromatic rings. The van der Waals surface area contributed by atoms with Gasteiger partial charge in [-0.15, -0.1) is 0 Å². The van der Waals surface area contributed by atoms with Crippen LogP contribution in [0.5, 0.6) is 0 Å². The average molecular weight is 398 g/mol. The molecule has 30 heavy (non-hydrogen) atoms. The Morgan fingerprint density at radius 2 is 1.80 bits per heavy atom. The quantitative estimate of drug-likeness (QED) is 0.451. The van der Waals surface area contributed by atoms with Crippen molar-refractivity contribution in [3.05, 3.63) is 82.0 Å². The molecule has 4 N–H and O–H groups in total. The van der Waals surface area contributed by atoms with Crippen molar-refractivity contribution < 1.29 is 9.59 Å². The van der Waals surface area contributed by atoms with Crippen LogP contribution in [0.1, 0.15) is 15.9 Å². The smallest absolute Gasteiger partial charge is 0.319 e. The van der Waals surface area contributed by atoms with Crippen molar-refractivity contribution in [2.45, 2.75) is 6.42 Å². The van der Waals surface area contributed by atoms with E-state index >= 15 is 0 Å². The summed E-state index contributed by atoms with van der Waals surface area (Å²) in [5.41, 5.74) is 9.10. The molecule has 148 valence electrons. The zero-order valence-corrected chi connectivity index (χ0v) is 15.9. The predicted molar refractivity (Wildman–Crippen MR) is 117 cm³/mol. The molecule has 1 aliphatic rings. The van der Waals surface area contributed by atoms with Gasteiger partial charge in [0, 0.05) is 28.5 Å². The number of carbonyl (C=O) groups is 2. The molecule has 7 nitrogen and oxygen atoms in total. The van der Waals surface area contributed by atoms with Gasteiger partial charge in [-0.1, -0.05) is 24.3 Å². The number of carbonyl (C=O) groups excluding carboxylic acids is 2. The van der Waals surface area contributed by atoms with E-state index in [1.54, 1.807) is 36.4 Å². The molecule has 0 saturated carbocycles. The summed E-state index contributed by atoms with van der Waals surface area (Å²) < 4.78 is 0. The van der Waals surface area contributed by atoms with Gasteiger partial charge in [-0.3, -0.25) is 14.5 Å². The maximum absolute atomic E-state index is 13.1. The Morgan fingerprint density at radius 1 is 1.00 bits per heavy atom. The number of nitrogens with one attached hydrogen (secondary N) is 2. The molecule has 0 aliphatic carbocycles. The average Bonchev–Trinajstić information content (AvgIpc) is 3.17. The maximum Gasteiger partial charge on any atom is 0.319 e. The van der Waals surface area contributed by atoms with Crippen LogP contribution in [0.15, 0.2) is 65.5 Å². The van der Waals surface area contributed by atoms with Gasteiger partial charge in [-0.25, -0.2) is 4.79 Å². The van der Waals surface area contributed by atoms with Gasteiger partial charge in [-0.2, -0.15) is 0 Å². The molecule has 3 aromatic carbocycles. The molecule has 0 atom stereocenters. The first-order chi connectivity index (χ1) is 14.5. The van der Waals surface area contributed by atoms with E-state index in [4.69, 9.17) is 5.73 Å². The lowest BCUT2D eigenvalue weighted by Gasteiger charge is -2.15. The Hall–Kier alpha value is -4.13. The fourth-order valence-electron chi connectivity index (χ4n) is 4.02. The highest BCUT2D eigenvalue weighted by atomic mass is 16.2. The molecule has 0 bridgehead atoms. The molecule has 0 unspecified atom stereocenters. The van der Waals surface area contributed by atoms with Crippen molar-refractivity contribution in [2.24, 2.45) is 5.73 Å². The highest BCUT2D eigenvalue weighted by Crippen LogP contribution is 2.31. The number of nitrogens with zero attached hydrogens (tertiary/aromatic N) is 1. The normalized spacial score (nSPS) is 12.9. The number of aromatic nitrogens is 1. The summed E-state index contributed by atoms with van der Waals surface area (Å²) in [7, 11) is 0. The van der Waals surface area contributed by atoms with Crippen LogP contribution in [0.4, 0.5) is 16.2 Å². The van der Waals surface area contributed by atoms with E-state index in [9.17, 15) is 14.4 Å². The third-order valence-corrected chi connectivity index (χ3v) is 5.49. The molecule has 0 radical (unpaired) electrons. The SMILES string of the molecule is NC(=O)N1CCc2ccc(NC(=O)c3cccc4c(=O)c5ccccc5[nH]c34)cc21. The van der Waals surface area contributed by atoms with E-state index in [0.29, 0.717) is 45.3 Å². The summed E-state index contributed by atoms with van der Waals surface area (Å²) in [6.45, 7) is 0.527. The van der Waals surface area contributed by atoms with Crippen molar-refractivity contribution in [3.8, 4) is 0 Å². The Kier molecular flexibility index (Phi) is 4.03. The number of anilines is 2. The van der Waals surface area contributed by atoms with E-state index in [1.807, 2.05) is 24.3 Å². The molecule has 0 fully saturated rings. The summed E-state index contributed by atoms with van der Waals surface area (Å²) in [6.07, 6.45) is 0.726. The lowest BCUT2D eigenvalue weighted by Crippen LogP contribution is -2.34. The van der Waals surface area contributed by atoms with Crippen LogP contribution in [-0.4, -0.2) is 23.5 Å². The Morgan fingerprint density at radius 3 is 2.63 bits per heavy atom. The first-order valence-corrected chi connectivity index (χ1v) is 9.58. The van der Waals surface area contributed by atoms with Crippen LogP contribution in [0.25, 0.3) is 21.8 Å². The highest BCUT2D eigenvalue weighted by molar-refractivity contribution is 6.13. The zero-order valence-electron chi connectivity index (χ0n) is 15.9. The highest BCUT2D eigenvalue weighted by Gasteiger charge is 2.23. The summed E-state index contributed by atoms with van der Waals surface area (Å²) in [6, 6.07) is 17.2. The van der Waals surface area contributed by atoms with Gasteiger partial charge < -0.3 is 16.0 Å². The Labute approximate surface area is 171 Å². The molecule has 1 aromatic heterocycles. The van der Waals surface area contributed by atoms with Crippen LogP contribution in [0, 0.1) is 0 Å². The minimum Gasteiger partial charge on any atom is -0.354 e. The number of primary amides is 1. The number of H-pyrrole nitrogens is 1. The van der Waals surface area contributed by atoms with E-state index in [0.717, 1.165) is 12.0 Å². The van der Waals surface area contributed by atoms with Crippen molar-refractivity contribution in [1.82, 2.24) is 4.98 Å². The van der Waals surface area contributed by atoms with Gasteiger partial charge in [0.1, 0.15) is 0 Å². The predicted octanol–water partition coefficient (Wildman–Crippen LogP) is 3.37. The first kappa shape index (κ1) is 17.9. The number of para-hydroxylation sites is 2. The number of fused-ring (bicyclic) bond motifs is 3. The minimum absolute atomic E-state index is 0.122. The second-order valence-electron chi connectivity index (χ2n) is 7.27. The fourth-order valence-corrected chi connectivity index (χ4v) is 4.02. The molecule has 5 rings (SSSR count). The largest absolute Gasteiger partial charge is 0.354 e. The van der Waals surface area contributed by atoms with Crippen molar-refractivity contribution in [2.75, 3.05) is 16.8 Å². The van der Waals surface area contributed by atoms with Crippen molar-refractivity contribution in [3.63, 3.8) is 0 Å². The van der Waals surface area contributed by atoms with E-state index in [2.05, 4.69) is 10.3 Å². The van der Waals surface area contributed by atoms with E-state index in [1.165, 1.54) is 4.90 Å². The summed E-state index contributed by atoms with van der Waals surface area (Å²) in [5.74, 6) is -0.352. The Balaban J connectivity index is 1.56. The van der Waals surface area contributed by atoms with Crippen molar-refractivity contribution >= 4 is 45.1 Å². The number of hydrogen-bond donors (Lipinski definition) is 3. The fraction of sp³-hybridized carbons (Fsp3) is 0.0870. The van der Waals surface area contributed by atoms with Crippen LogP contribution in [0.2, 0.25) is 0 Å². The number of nitrogens with two attached hydrogens (primary N) is 1. The van der Waals surface area contributed by atoms with E-state index in [-0.39, 0.29) is 11.3 Å². The molecule has 7 heteroatoms. The second-order valence-corrected chi connectivity index (χ2v) is 7.27. The summed E-state index contributed by atoms with van der Waals surface area (Å²) >= 11 is 0. The van der Waals surface area contributed by atoms with Crippen LogP contribution in [-0.2, 0) is 6.42 Å². The molecule has 0 saturated heterocycles. The molecular formula is C23H18N4O3. The van der Waals surface area contributed by atoms with Gasteiger partial charge >= 0.3 is 6.03 Å². The van der Waals surface area contributed by atoms with E-state index < -0.39 is 6.03 Å². The molecule has 3 amide bonds. The molecule has 2 heterocycles. The van der Waals surface area contributed by atoms with Gasteiger partial charge in [0.2, 0.25) is 0 Å². The van der Waals surface area contributed by atoms with Crippen LogP contribution in [0.3, 0.4) is 0 Å². The number of benzene rings is 3. The number of rotatable bonds is 2. The summed E-state index contributed by atoms with van der Waals surface area (Å²) in [5, 5.41) is 3.90. The number of amides is 3. The minimum atomic E-state index is -0.518. The van der Waals surface area contributed by atoms with Gasteiger partial charge in [0.15, 0.2) is 5.43 Å². The van der Waals surface area contributed by atoms with Crippen molar-refractivity contribution in [1.29, 1.82) is 0 Å². The van der Waals surface area contributed by atoms with Gasteiger partial charge in [0.05, 0.1) is 16.8 Å². The lowest BCUT2D eigenvalue weighted by molar-refractivity contribution is 0.102. The van der Waals surface area contributed by atoms with Crippen LogP contribution < -0.4 is 21.4 Å². The van der Waals surface area contributed by atoms with Gasteiger partial charge in [-0.05, 0) is 48.4 Å². The number of pyridine rings is 1. The summed E-state index contributed by atoms with van der Waals surface area (Å²) in [4.78, 5) is 42.2. The Bertz CT molecular complexity index is 1410. The lowest BCUT2D eigenvalue weighted by atomic mass is 10.1. The second kappa shape index (κ2) is 6.73. The van der Waals surface area contributed by atoms with Gasteiger partial charge in [0.25, 0.3) is 5.91 Å². The number of urea groups is 1. The zero-order chi connectivity index (χ0) is 20.8. The first-order valence-electron chi connectivity index (χ1n) is 9.58. The molecular weight excluding hydrogens is 380 g/mol. The number of hydrogen-bond acceptors (Lipinski definition) is 3. The third kappa shape index (κ3) is 2.79. The molecule has 0 spiro atoms. The topological polar surface area (TPSA) is 108 Å². The third-order valence-electron chi connectivity index (χ3n) is 5.49. The standard InChI is InChI=1S/C23H18N4O3/c24-23(30)27-11-10-13-8-9-14(12-19(13)27)25-22(29)17-6-3-5-16-20(17)26-18-7-2-1-4-15(18)21(16)28/h1-9,12H,10-11H2,(H2,24,30)(H,25,29)(H,26,28).